The maximum atomic E-state index is 6.27. The van der Waals surface area contributed by atoms with E-state index in [2.05, 4.69) is 184 Å². The Labute approximate surface area is 576 Å². The molecule has 6 heterocycles. The Morgan fingerprint density at radius 1 is 0.276 bits per heavy atom. The van der Waals surface area contributed by atoms with Gasteiger partial charge in [-0.1, -0.05) is 212 Å². The van der Waals surface area contributed by atoms with E-state index in [0.29, 0.717) is 23.3 Å². The van der Waals surface area contributed by atoms with Crippen molar-refractivity contribution in [1.29, 1.82) is 0 Å². The number of para-hydroxylation sites is 9. The Kier molecular flexibility index (Phi) is 17.2. The van der Waals surface area contributed by atoms with Crippen LogP contribution in [0, 0.1) is 0 Å². The van der Waals surface area contributed by atoms with E-state index in [1.54, 1.807) is 0 Å². The molecule has 474 valence electrons. The van der Waals surface area contributed by atoms with Gasteiger partial charge in [0, 0.05) is 56.0 Å². The zero-order chi connectivity index (χ0) is 66.7. The molecule has 17 rings (SSSR count). The summed E-state index contributed by atoms with van der Waals surface area (Å²) in [4.78, 5) is 42.0. The number of halogens is 2. The van der Waals surface area contributed by atoms with E-state index in [1.807, 2.05) is 170 Å². The van der Waals surface area contributed by atoms with Gasteiger partial charge in [0.1, 0.15) is 17.5 Å². The van der Waals surface area contributed by atoms with Crippen molar-refractivity contribution >= 4 is 68.9 Å². The van der Waals surface area contributed by atoms with Gasteiger partial charge in [0.25, 0.3) is 0 Å². The number of nitrogens with zero attached hydrogens (tertiary/aromatic N) is 12. The standard InChI is InChI=1S/C47H31N7.C25H25BN2O2.C9H5Cl2N3/c1-4-16-32(17-5-1)43-50-44(33-18-14-20-35(30-33)46-48-39-26-10-12-28-41(39)53(46)37-22-6-2-7-23-37)52-45(51-43)34-19-15-21-36(31-34)47-49-40-27-11-13-29-42(40)54(47)38-24-8-3-9-25-38;1-24(2)25(3,4)30-26(29-24)19-12-10-11-18(17-19)23-27-21-15-8-9-16-22(21)28(23)20-13-6-5-7-14-20;10-8-12-7(13-9(11)14-8)6-4-2-1-3-5-6/h1-31H;5-17H,1-4H3;1-5H. The van der Waals surface area contributed by atoms with Gasteiger partial charge in [0.2, 0.25) is 10.6 Å². The number of aromatic nitrogens is 12. The number of hydrogen-bond acceptors (Lipinski definition) is 11. The summed E-state index contributed by atoms with van der Waals surface area (Å²) in [5.41, 5.74) is 15.9. The normalized spacial score (nSPS) is 13.1. The molecule has 5 aromatic heterocycles. The van der Waals surface area contributed by atoms with Crippen LogP contribution in [0.15, 0.2) is 297 Å². The van der Waals surface area contributed by atoms with E-state index >= 15 is 0 Å². The van der Waals surface area contributed by atoms with Gasteiger partial charge in [-0.2, -0.15) is 15.0 Å². The molecular formula is C81H61BCl2N12O2. The average Bonchev–Trinajstić information content (AvgIpc) is 1.61. The maximum absolute atomic E-state index is 6.27. The van der Waals surface area contributed by atoms with Gasteiger partial charge in [-0.3, -0.25) is 13.7 Å². The molecule has 0 bridgehead atoms. The molecule has 0 unspecified atom stereocenters. The van der Waals surface area contributed by atoms with Crippen molar-refractivity contribution in [2.24, 2.45) is 0 Å². The van der Waals surface area contributed by atoms with Crippen LogP contribution < -0.4 is 5.46 Å². The highest BCUT2D eigenvalue weighted by molar-refractivity contribution is 6.62. The molecule has 0 aliphatic carbocycles. The molecule has 17 heteroatoms. The van der Waals surface area contributed by atoms with Crippen molar-refractivity contribution in [2.45, 2.75) is 38.9 Å². The fourth-order valence-corrected chi connectivity index (χ4v) is 12.3. The predicted octanol–water partition coefficient (Wildman–Crippen LogP) is 18.7. The summed E-state index contributed by atoms with van der Waals surface area (Å²) in [6, 6.07) is 100. The molecule has 1 aliphatic rings. The second kappa shape index (κ2) is 26.9. The second-order valence-corrected chi connectivity index (χ2v) is 25.1. The number of imidazole rings is 3. The molecule has 1 fully saturated rings. The molecule has 0 amide bonds. The van der Waals surface area contributed by atoms with Gasteiger partial charge in [-0.15, -0.1) is 0 Å². The Hall–Kier alpha value is -11.6. The van der Waals surface area contributed by atoms with Crippen LogP contribution in [-0.4, -0.2) is 76.9 Å². The molecule has 16 aromatic rings. The fourth-order valence-electron chi connectivity index (χ4n) is 12.0. The lowest BCUT2D eigenvalue weighted by Crippen LogP contribution is -2.41. The summed E-state index contributed by atoms with van der Waals surface area (Å²) in [6.45, 7) is 8.30. The maximum Gasteiger partial charge on any atom is 0.494 e. The lowest BCUT2D eigenvalue weighted by molar-refractivity contribution is 0.00578. The molecular weight excluding hydrogens is 1250 g/mol. The number of hydrogen-bond donors (Lipinski definition) is 0. The lowest BCUT2D eigenvalue weighted by Gasteiger charge is -2.32. The molecule has 11 aromatic carbocycles. The van der Waals surface area contributed by atoms with Crippen molar-refractivity contribution in [3.63, 3.8) is 0 Å². The van der Waals surface area contributed by atoms with Gasteiger partial charge >= 0.3 is 7.12 Å². The van der Waals surface area contributed by atoms with E-state index in [9.17, 15) is 0 Å². The first-order valence-corrected chi connectivity index (χ1v) is 32.8. The SMILES string of the molecule is CC1(C)OB(c2cccc(-c3nc4ccccc4n3-c3ccccc3)c2)OC1(C)C.Clc1nc(Cl)nc(-c2ccccc2)n1.c1ccc(-c2nc(-c3cccc(-c4nc5ccccc5n4-c4ccccc4)c3)nc(-c3cccc(-c4nc5ccccc5n4-c4ccccc4)c3)n2)cc1. The van der Waals surface area contributed by atoms with Crippen LogP contribution in [0.4, 0.5) is 0 Å². The minimum atomic E-state index is -0.399. The van der Waals surface area contributed by atoms with E-state index in [4.69, 9.17) is 62.4 Å². The summed E-state index contributed by atoms with van der Waals surface area (Å²) >= 11 is 11.3. The van der Waals surface area contributed by atoms with E-state index in [-0.39, 0.29) is 21.8 Å². The topological polar surface area (TPSA) is 149 Å². The van der Waals surface area contributed by atoms with Gasteiger partial charge in [-0.05, 0) is 141 Å². The molecule has 0 saturated carbocycles. The first-order chi connectivity index (χ1) is 47.9. The quantitative estimate of drug-likeness (QED) is 0.114. The summed E-state index contributed by atoms with van der Waals surface area (Å²) in [7, 11) is -0.399. The minimum Gasteiger partial charge on any atom is -0.399 e. The van der Waals surface area contributed by atoms with Crippen molar-refractivity contribution in [3.05, 3.63) is 308 Å². The fraction of sp³-hybridized carbons (Fsp3) is 0.0741. The Morgan fingerprint density at radius 2 is 0.561 bits per heavy atom. The van der Waals surface area contributed by atoms with Gasteiger partial charge < -0.3 is 9.31 Å². The van der Waals surface area contributed by atoms with Gasteiger partial charge in [-0.25, -0.2) is 29.9 Å². The van der Waals surface area contributed by atoms with E-state index in [0.717, 1.165) is 112 Å². The van der Waals surface area contributed by atoms with Gasteiger partial charge in [0.05, 0.1) is 44.3 Å². The largest absolute Gasteiger partial charge is 0.494 e. The Balaban J connectivity index is 0.000000148. The van der Waals surface area contributed by atoms with Crippen molar-refractivity contribution in [1.82, 2.24) is 58.6 Å². The van der Waals surface area contributed by atoms with Crippen molar-refractivity contribution in [2.75, 3.05) is 0 Å². The summed E-state index contributed by atoms with van der Waals surface area (Å²) in [5, 5.41) is 0.202. The van der Waals surface area contributed by atoms with Crippen molar-refractivity contribution in [3.8, 4) is 96.8 Å². The molecule has 1 aliphatic heterocycles. The molecule has 0 atom stereocenters. The molecule has 1 saturated heterocycles. The zero-order valence-corrected chi connectivity index (χ0v) is 55.3. The summed E-state index contributed by atoms with van der Waals surface area (Å²) in [5.74, 6) is 4.82. The number of rotatable bonds is 11. The highest BCUT2D eigenvalue weighted by atomic mass is 35.5. The first-order valence-electron chi connectivity index (χ1n) is 32.1. The first kappa shape index (κ1) is 62.5. The van der Waals surface area contributed by atoms with Crippen LogP contribution in [0.1, 0.15) is 27.7 Å². The average molecular weight is 1320 g/mol. The third-order valence-electron chi connectivity index (χ3n) is 17.4. The molecule has 0 N–H and O–H groups in total. The molecule has 0 radical (unpaired) electrons. The van der Waals surface area contributed by atoms with Crippen LogP contribution in [0.25, 0.3) is 130 Å². The summed E-state index contributed by atoms with van der Waals surface area (Å²) < 4.78 is 19.1. The van der Waals surface area contributed by atoms with Crippen LogP contribution in [0.2, 0.25) is 10.6 Å². The predicted molar refractivity (Wildman–Crippen MR) is 394 cm³/mol. The van der Waals surface area contributed by atoms with Crippen LogP contribution in [0.5, 0.6) is 0 Å². The van der Waals surface area contributed by atoms with E-state index < -0.39 is 7.12 Å². The lowest BCUT2D eigenvalue weighted by atomic mass is 9.78. The number of fused-ring (bicyclic) bond motifs is 3. The monoisotopic (exact) mass is 1310 g/mol. The highest BCUT2D eigenvalue weighted by Gasteiger charge is 2.51. The Morgan fingerprint density at radius 3 is 0.939 bits per heavy atom. The van der Waals surface area contributed by atoms with Crippen LogP contribution >= 0.6 is 23.2 Å². The third-order valence-corrected chi connectivity index (χ3v) is 17.8. The molecule has 14 nitrogen and oxygen atoms in total. The zero-order valence-electron chi connectivity index (χ0n) is 53.8. The van der Waals surface area contributed by atoms with E-state index in [1.165, 1.54) is 0 Å². The summed E-state index contributed by atoms with van der Waals surface area (Å²) in [6.07, 6.45) is 0. The van der Waals surface area contributed by atoms with Crippen molar-refractivity contribution < 1.29 is 9.31 Å². The minimum absolute atomic E-state index is 0.101. The smallest absolute Gasteiger partial charge is 0.399 e. The molecule has 0 spiro atoms. The van der Waals surface area contributed by atoms with Gasteiger partial charge in [0.15, 0.2) is 23.3 Å². The van der Waals surface area contributed by atoms with Crippen LogP contribution in [-0.2, 0) is 9.31 Å². The third kappa shape index (κ3) is 12.8. The molecule has 98 heavy (non-hydrogen) atoms. The Bertz CT molecular complexity index is 5310. The second-order valence-electron chi connectivity index (χ2n) is 24.4. The van der Waals surface area contributed by atoms with Crippen LogP contribution in [0.3, 0.4) is 0 Å². The number of benzene rings is 11. The highest BCUT2D eigenvalue weighted by Crippen LogP contribution is 2.39.